The molecule has 6 nitrogen and oxygen atoms in total. The van der Waals surface area contributed by atoms with E-state index in [1.54, 1.807) is 22.4 Å². The maximum Gasteiger partial charge on any atom is 0.331 e. The number of anilines is 3. The van der Waals surface area contributed by atoms with Gasteiger partial charge in [0.25, 0.3) is 0 Å². The number of piperazine rings is 1. The Hall–Kier alpha value is -2.64. The van der Waals surface area contributed by atoms with E-state index in [1.165, 1.54) is 0 Å². The van der Waals surface area contributed by atoms with Crippen molar-refractivity contribution in [2.45, 2.75) is 20.8 Å². The van der Waals surface area contributed by atoms with Crippen molar-refractivity contribution in [3.63, 3.8) is 0 Å². The number of likely N-dealkylation sites (N-methyl/N-ethyl adjacent to an activating group) is 1. The van der Waals surface area contributed by atoms with Gasteiger partial charge in [0.05, 0.1) is 22.5 Å². The summed E-state index contributed by atoms with van der Waals surface area (Å²) >= 11 is 1.65. The molecular formula is C22H27N5OS. The van der Waals surface area contributed by atoms with Gasteiger partial charge in [0.2, 0.25) is 0 Å². The smallest absolute Gasteiger partial charge is 0.331 e. The lowest BCUT2D eigenvalue weighted by Gasteiger charge is -2.35. The van der Waals surface area contributed by atoms with E-state index in [1.807, 2.05) is 39.0 Å². The summed E-state index contributed by atoms with van der Waals surface area (Å²) in [4.78, 5) is 25.2. The molecule has 0 spiro atoms. The monoisotopic (exact) mass is 409 g/mol. The third kappa shape index (κ3) is 3.56. The van der Waals surface area contributed by atoms with Crippen molar-refractivity contribution in [1.82, 2.24) is 9.88 Å². The average Bonchev–Trinajstić information content (AvgIpc) is 3.04. The van der Waals surface area contributed by atoms with Crippen LogP contribution in [0, 0.1) is 0 Å². The van der Waals surface area contributed by atoms with Crippen LogP contribution in [0.1, 0.15) is 20.8 Å². The van der Waals surface area contributed by atoms with E-state index in [4.69, 9.17) is 0 Å². The van der Waals surface area contributed by atoms with Crippen LogP contribution >= 0.6 is 11.3 Å². The lowest BCUT2D eigenvalue weighted by Crippen LogP contribution is -2.44. The van der Waals surface area contributed by atoms with Gasteiger partial charge in [0.15, 0.2) is 0 Å². The molecule has 2 aromatic rings. The van der Waals surface area contributed by atoms with Crippen LogP contribution in [0.5, 0.6) is 0 Å². The van der Waals surface area contributed by atoms with Gasteiger partial charge in [-0.05, 0) is 45.5 Å². The van der Waals surface area contributed by atoms with E-state index in [-0.39, 0.29) is 6.03 Å². The molecule has 152 valence electrons. The minimum absolute atomic E-state index is 0.157. The summed E-state index contributed by atoms with van der Waals surface area (Å²) in [5.41, 5.74) is 4.54. The number of hydrogen-bond acceptors (Lipinski definition) is 5. The highest BCUT2D eigenvalue weighted by Gasteiger charge is 2.33. The first-order valence-electron chi connectivity index (χ1n) is 9.84. The molecule has 0 atom stereocenters. The summed E-state index contributed by atoms with van der Waals surface area (Å²) in [6, 6.07) is 1.76. The molecule has 7 heteroatoms. The zero-order valence-electron chi connectivity index (χ0n) is 17.5. The predicted octanol–water partition coefficient (Wildman–Crippen LogP) is 4.83. The van der Waals surface area contributed by atoms with Crippen molar-refractivity contribution in [3.8, 4) is 0 Å². The molecule has 2 amide bonds. The van der Waals surface area contributed by atoms with Crippen LogP contribution in [0.2, 0.25) is 0 Å². The number of nitrogens with one attached hydrogen (secondary N) is 1. The fourth-order valence-electron chi connectivity index (χ4n) is 3.69. The highest BCUT2D eigenvalue weighted by molar-refractivity contribution is 7.23. The first-order chi connectivity index (χ1) is 13.9. The van der Waals surface area contributed by atoms with E-state index in [2.05, 4.69) is 33.7 Å². The van der Waals surface area contributed by atoms with Crippen LogP contribution < -0.4 is 15.1 Å². The number of allylic oxidation sites excluding steroid dienone is 4. The minimum Gasteiger partial charge on any atom is -0.359 e. The number of amides is 2. The number of rotatable bonds is 4. The molecule has 1 N–H and O–H groups in total. The number of carbonyl (C=O) groups excluding carboxylic acids is 1. The molecule has 29 heavy (non-hydrogen) atoms. The average molecular weight is 410 g/mol. The van der Waals surface area contributed by atoms with Crippen molar-refractivity contribution in [2.75, 3.05) is 48.3 Å². The van der Waals surface area contributed by atoms with Gasteiger partial charge >= 0.3 is 6.03 Å². The van der Waals surface area contributed by atoms with Gasteiger partial charge in [-0.15, -0.1) is 0 Å². The van der Waals surface area contributed by atoms with Gasteiger partial charge in [-0.1, -0.05) is 29.6 Å². The summed E-state index contributed by atoms with van der Waals surface area (Å²) in [7, 11) is 2.14. The highest BCUT2D eigenvalue weighted by atomic mass is 32.1. The molecule has 0 radical (unpaired) electrons. The van der Waals surface area contributed by atoms with E-state index >= 15 is 0 Å². The van der Waals surface area contributed by atoms with Gasteiger partial charge < -0.3 is 15.1 Å². The second-order valence-corrected chi connectivity index (χ2v) is 8.90. The Kier molecular flexibility index (Phi) is 5.19. The summed E-state index contributed by atoms with van der Waals surface area (Å²) in [5.74, 6) is 0. The molecule has 2 aliphatic heterocycles. The van der Waals surface area contributed by atoms with Crippen molar-refractivity contribution < 1.29 is 4.79 Å². The highest BCUT2D eigenvalue weighted by Crippen LogP contribution is 2.49. The molecule has 0 aromatic carbocycles. The molecule has 4 rings (SSSR count). The number of hydrogen-bond donors (Lipinski definition) is 1. The van der Waals surface area contributed by atoms with Crippen molar-refractivity contribution in [2.24, 2.45) is 0 Å². The second kappa shape index (κ2) is 7.65. The van der Waals surface area contributed by atoms with Crippen LogP contribution in [0.4, 0.5) is 21.2 Å². The van der Waals surface area contributed by atoms with E-state index in [9.17, 15) is 4.79 Å². The lowest BCUT2D eigenvalue weighted by molar-refractivity contribution is 0.258. The molecule has 2 aromatic heterocycles. The summed E-state index contributed by atoms with van der Waals surface area (Å²) < 4.78 is 0. The molecule has 2 aliphatic rings. The Balaban J connectivity index is 1.84. The Morgan fingerprint density at radius 1 is 1.21 bits per heavy atom. The molecular weight excluding hydrogens is 382 g/mol. The zero-order valence-corrected chi connectivity index (χ0v) is 18.3. The molecule has 0 saturated carbocycles. The van der Waals surface area contributed by atoms with Crippen molar-refractivity contribution in [3.05, 3.63) is 47.8 Å². The van der Waals surface area contributed by atoms with Crippen LogP contribution in [-0.2, 0) is 0 Å². The van der Waals surface area contributed by atoms with E-state index in [0.29, 0.717) is 0 Å². The van der Waals surface area contributed by atoms with Gasteiger partial charge in [-0.2, -0.15) is 0 Å². The summed E-state index contributed by atoms with van der Waals surface area (Å²) in [5, 5.41) is 5.27. The standard InChI is InChI=1S/C22H27N5OS/c1-14(2)6-7-16(15(3)4)27-17-8-9-23-20-18(17)19(24-22(27)28)21(29-20)26-12-10-25(5)11-13-26/h6-9H,3,10-13H2,1-2,4-5H3,(H,24,28)/b16-7+. The number of thiophene rings is 1. The Morgan fingerprint density at radius 3 is 2.59 bits per heavy atom. The first-order valence-corrected chi connectivity index (χ1v) is 10.7. The topological polar surface area (TPSA) is 51.7 Å². The van der Waals surface area contributed by atoms with Crippen molar-refractivity contribution in [1.29, 1.82) is 0 Å². The minimum atomic E-state index is -0.157. The number of pyridine rings is 1. The number of nitrogens with zero attached hydrogens (tertiary/aromatic N) is 4. The van der Waals surface area contributed by atoms with Crippen molar-refractivity contribution >= 4 is 44.0 Å². The SMILES string of the molecule is C=C(C)/C(=C\C=C(C)C)N1C(=O)Nc2c(N3CCN(C)CC3)sc3nccc1c23. The molecule has 0 unspecified atom stereocenters. The maximum atomic E-state index is 13.2. The van der Waals surface area contributed by atoms with E-state index < -0.39 is 0 Å². The fraction of sp³-hybridized carbons (Fsp3) is 0.364. The van der Waals surface area contributed by atoms with Crippen LogP contribution in [0.3, 0.4) is 0 Å². The zero-order chi connectivity index (χ0) is 20.7. The first kappa shape index (κ1) is 19.7. The predicted molar refractivity (Wildman–Crippen MR) is 123 cm³/mol. The number of carbonyl (C=O) groups is 1. The second-order valence-electron chi connectivity index (χ2n) is 7.92. The van der Waals surface area contributed by atoms with Gasteiger partial charge in [-0.3, -0.25) is 4.90 Å². The number of urea groups is 1. The molecule has 0 aliphatic carbocycles. The van der Waals surface area contributed by atoms with Crippen LogP contribution in [-0.4, -0.2) is 49.1 Å². The lowest BCUT2D eigenvalue weighted by atomic mass is 10.1. The third-order valence-electron chi connectivity index (χ3n) is 5.27. The quantitative estimate of drug-likeness (QED) is 0.735. The molecule has 4 heterocycles. The number of aromatic nitrogens is 1. The largest absolute Gasteiger partial charge is 0.359 e. The third-order valence-corrected chi connectivity index (χ3v) is 6.43. The van der Waals surface area contributed by atoms with Crippen LogP contribution in [0.15, 0.2) is 47.8 Å². The normalized spacial score (nSPS) is 17.5. The molecule has 0 bridgehead atoms. The summed E-state index contributed by atoms with van der Waals surface area (Å²) in [6.45, 7) is 14.0. The Labute approximate surface area is 175 Å². The fourth-order valence-corrected chi connectivity index (χ4v) is 4.87. The van der Waals surface area contributed by atoms with Gasteiger partial charge in [-0.25, -0.2) is 9.78 Å². The van der Waals surface area contributed by atoms with Crippen LogP contribution in [0.25, 0.3) is 10.2 Å². The molecule has 1 fully saturated rings. The Bertz CT molecular complexity index is 1040. The van der Waals surface area contributed by atoms with E-state index in [0.717, 1.165) is 69.6 Å². The van der Waals surface area contributed by atoms with Gasteiger partial charge in [0, 0.05) is 32.4 Å². The van der Waals surface area contributed by atoms with Gasteiger partial charge in [0.1, 0.15) is 9.83 Å². The molecule has 1 saturated heterocycles. The maximum absolute atomic E-state index is 13.2. The Morgan fingerprint density at radius 2 is 1.93 bits per heavy atom. The summed E-state index contributed by atoms with van der Waals surface area (Å²) in [6.07, 6.45) is 5.75.